The summed E-state index contributed by atoms with van der Waals surface area (Å²) < 4.78 is 5.42. The number of nitrogens with one attached hydrogen (secondary N) is 1. The van der Waals surface area contributed by atoms with Gasteiger partial charge in [0.05, 0.1) is 0 Å². The highest BCUT2D eigenvalue weighted by Crippen LogP contribution is 2.27. The van der Waals surface area contributed by atoms with Crippen LogP contribution in [0.25, 0.3) is 21.7 Å². The zero-order valence-electron chi connectivity index (χ0n) is 14.7. The van der Waals surface area contributed by atoms with Gasteiger partial charge in [-0.25, -0.2) is 4.79 Å². The quantitative estimate of drug-likeness (QED) is 0.416. The van der Waals surface area contributed by atoms with Crippen LogP contribution < -0.4 is 10.9 Å². The predicted molar refractivity (Wildman–Crippen MR) is 107 cm³/mol. The summed E-state index contributed by atoms with van der Waals surface area (Å²) in [5.74, 6) is 0.402. The second-order valence-electron chi connectivity index (χ2n) is 6.69. The smallest absolute Gasteiger partial charge is 0.336 e. The van der Waals surface area contributed by atoms with Crippen LogP contribution in [-0.2, 0) is 6.54 Å². The summed E-state index contributed by atoms with van der Waals surface area (Å²) in [4.78, 5) is 12.0. The van der Waals surface area contributed by atoms with Gasteiger partial charge < -0.3 is 9.73 Å². The molecule has 0 saturated carbocycles. The lowest BCUT2D eigenvalue weighted by atomic mass is 10.00. The zero-order chi connectivity index (χ0) is 17.9. The molecule has 4 aromatic rings. The predicted octanol–water partition coefficient (Wildman–Crippen LogP) is 4.84. The number of hydrogen-bond donors (Lipinski definition) is 1. The first-order valence-corrected chi connectivity index (χ1v) is 8.92. The van der Waals surface area contributed by atoms with E-state index in [1.807, 2.05) is 30.3 Å². The van der Waals surface area contributed by atoms with Crippen molar-refractivity contribution in [3.8, 4) is 0 Å². The van der Waals surface area contributed by atoms with Gasteiger partial charge in [-0.05, 0) is 33.9 Å². The Morgan fingerprint density at radius 1 is 0.962 bits per heavy atom. The molecular formula is C23H21NO2. The van der Waals surface area contributed by atoms with Crippen molar-refractivity contribution in [3.63, 3.8) is 0 Å². The molecule has 1 aromatic heterocycles. The van der Waals surface area contributed by atoms with Crippen molar-refractivity contribution in [1.82, 2.24) is 5.32 Å². The molecule has 0 aliphatic heterocycles. The van der Waals surface area contributed by atoms with Crippen molar-refractivity contribution in [2.75, 3.05) is 6.54 Å². The maximum absolute atomic E-state index is 12.0. The van der Waals surface area contributed by atoms with E-state index in [2.05, 4.69) is 48.6 Å². The minimum atomic E-state index is -0.305. The van der Waals surface area contributed by atoms with E-state index in [-0.39, 0.29) is 5.63 Å². The van der Waals surface area contributed by atoms with Crippen molar-refractivity contribution >= 4 is 21.7 Å². The summed E-state index contributed by atoms with van der Waals surface area (Å²) >= 11 is 0. The Morgan fingerprint density at radius 3 is 2.58 bits per heavy atom. The number of fused-ring (bicyclic) bond motifs is 3. The lowest BCUT2D eigenvalue weighted by Gasteiger charge is -2.14. The van der Waals surface area contributed by atoms with Gasteiger partial charge in [0.1, 0.15) is 5.58 Å². The molecule has 0 amide bonds. The Balaban J connectivity index is 1.63. The first-order chi connectivity index (χ1) is 12.7. The largest absolute Gasteiger partial charge is 0.423 e. The van der Waals surface area contributed by atoms with E-state index in [9.17, 15) is 4.79 Å². The van der Waals surface area contributed by atoms with Gasteiger partial charge in [-0.2, -0.15) is 0 Å². The molecule has 3 aromatic carbocycles. The Kier molecular flexibility index (Phi) is 4.55. The fourth-order valence-electron chi connectivity index (χ4n) is 3.48. The maximum Gasteiger partial charge on any atom is 0.336 e. The van der Waals surface area contributed by atoms with Gasteiger partial charge in [-0.3, -0.25) is 0 Å². The summed E-state index contributed by atoms with van der Waals surface area (Å²) in [5.41, 5.74) is 2.63. The van der Waals surface area contributed by atoms with Crippen molar-refractivity contribution < 1.29 is 4.42 Å². The summed E-state index contributed by atoms with van der Waals surface area (Å²) in [7, 11) is 0. The molecule has 3 heteroatoms. The maximum atomic E-state index is 12.0. The van der Waals surface area contributed by atoms with Gasteiger partial charge in [-0.1, -0.05) is 67.6 Å². The van der Waals surface area contributed by atoms with Crippen LogP contribution in [0.15, 0.2) is 82.0 Å². The second-order valence-corrected chi connectivity index (χ2v) is 6.69. The molecule has 0 spiro atoms. The first kappa shape index (κ1) is 16.6. The van der Waals surface area contributed by atoms with Crippen molar-refractivity contribution in [1.29, 1.82) is 0 Å². The second kappa shape index (κ2) is 7.14. The van der Waals surface area contributed by atoms with Crippen LogP contribution in [0.1, 0.15) is 24.0 Å². The van der Waals surface area contributed by atoms with Crippen LogP contribution in [0.5, 0.6) is 0 Å². The summed E-state index contributed by atoms with van der Waals surface area (Å²) in [6.07, 6.45) is 0. The van der Waals surface area contributed by atoms with E-state index < -0.39 is 0 Å². The molecule has 0 unspecified atom stereocenters. The molecule has 1 atom stereocenters. The highest BCUT2D eigenvalue weighted by Gasteiger charge is 2.10. The van der Waals surface area contributed by atoms with Crippen LogP contribution in [0.2, 0.25) is 0 Å². The third-order valence-electron chi connectivity index (χ3n) is 4.85. The molecule has 1 heterocycles. The topological polar surface area (TPSA) is 42.2 Å². The Morgan fingerprint density at radius 2 is 1.73 bits per heavy atom. The van der Waals surface area contributed by atoms with Gasteiger partial charge in [0, 0.05) is 24.5 Å². The molecule has 0 aliphatic rings. The Labute approximate surface area is 152 Å². The van der Waals surface area contributed by atoms with Crippen molar-refractivity contribution in [2.24, 2.45) is 0 Å². The van der Waals surface area contributed by atoms with Crippen molar-refractivity contribution in [3.05, 3.63) is 94.3 Å². The molecule has 130 valence electrons. The van der Waals surface area contributed by atoms with E-state index in [4.69, 9.17) is 4.42 Å². The van der Waals surface area contributed by atoms with Gasteiger partial charge in [0.2, 0.25) is 0 Å². The standard InChI is InChI=1S/C23H21NO2/c1-16(17-7-3-2-4-8-17)14-24-15-19-13-22(25)26-21-12-11-18-9-5-6-10-20(18)23(19)21/h2-13,16,24H,14-15H2,1H3/t16-/m1/s1. The normalized spacial score (nSPS) is 12.5. The fourth-order valence-corrected chi connectivity index (χ4v) is 3.48. The van der Waals surface area contributed by atoms with Gasteiger partial charge in [0.15, 0.2) is 0 Å². The van der Waals surface area contributed by atoms with E-state index in [1.54, 1.807) is 6.07 Å². The molecule has 1 N–H and O–H groups in total. The molecule has 4 rings (SSSR count). The highest BCUT2D eigenvalue weighted by molar-refractivity contribution is 6.07. The van der Waals surface area contributed by atoms with E-state index in [0.717, 1.165) is 28.3 Å². The average Bonchev–Trinajstić information content (AvgIpc) is 2.68. The minimum absolute atomic E-state index is 0.305. The SMILES string of the molecule is C[C@H](CNCc1cc(=O)oc2ccc3ccccc3c12)c1ccccc1. The third-order valence-corrected chi connectivity index (χ3v) is 4.85. The van der Waals surface area contributed by atoms with E-state index in [1.165, 1.54) is 5.56 Å². The molecule has 0 radical (unpaired) electrons. The molecule has 0 bridgehead atoms. The molecule has 3 nitrogen and oxygen atoms in total. The summed E-state index contributed by atoms with van der Waals surface area (Å²) in [6, 6.07) is 24.1. The molecular weight excluding hydrogens is 322 g/mol. The minimum Gasteiger partial charge on any atom is -0.423 e. The first-order valence-electron chi connectivity index (χ1n) is 8.92. The molecule has 0 fully saturated rings. The zero-order valence-corrected chi connectivity index (χ0v) is 14.7. The van der Waals surface area contributed by atoms with Crippen LogP contribution in [0.3, 0.4) is 0 Å². The number of hydrogen-bond acceptors (Lipinski definition) is 3. The number of rotatable bonds is 5. The third kappa shape index (κ3) is 3.26. The molecule has 0 aliphatic carbocycles. The lowest BCUT2D eigenvalue weighted by molar-refractivity contribution is 0.555. The summed E-state index contributed by atoms with van der Waals surface area (Å²) in [6.45, 7) is 3.68. The average molecular weight is 343 g/mol. The van der Waals surface area contributed by atoms with E-state index in [0.29, 0.717) is 18.0 Å². The van der Waals surface area contributed by atoms with Gasteiger partial charge in [0.25, 0.3) is 0 Å². The molecule has 26 heavy (non-hydrogen) atoms. The van der Waals surface area contributed by atoms with Gasteiger partial charge >= 0.3 is 5.63 Å². The van der Waals surface area contributed by atoms with Crippen molar-refractivity contribution in [2.45, 2.75) is 19.4 Å². The van der Waals surface area contributed by atoms with Crippen LogP contribution in [0.4, 0.5) is 0 Å². The highest BCUT2D eigenvalue weighted by atomic mass is 16.4. The fraction of sp³-hybridized carbons (Fsp3) is 0.174. The van der Waals surface area contributed by atoms with Gasteiger partial charge in [-0.15, -0.1) is 0 Å². The van der Waals surface area contributed by atoms with E-state index >= 15 is 0 Å². The Hall–Kier alpha value is -2.91. The van der Waals surface area contributed by atoms with Crippen LogP contribution >= 0.6 is 0 Å². The lowest BCUT2D eigenvalue weighted by Crippen LogP contribution is -2.20. The van der Waals surface area contributed by atoms with Crippen LogP contribution in [-0.4, -0.2) is 6.54 Å². The number of benzene rings is 3. The monoisotopic (exact) mass is 343 g/mol. The Bertz CT molecular complexity index is 1100. The van der Waals surface area contributed by atoms with Crippen LogP contribution in [0, 0.1) is 0 Å². The molecule has 0 saturated heterocycles. The summed E-state index contributed by atoms with van der Waals surface area (Å²) in [5, 5.41) is 6.78.